The van der Waals surface area contributed by atoms with E-state index in [0.717, 1.165) is 49.2 Å². The van der Waals surface area contributed by atoms with Crippen LogP contribution in [0.4, 0.5) is 5.69 Å². The predicted octanol–water partition coefficient (Wildman–Crippen LogP) is 3.40. The molecule has 2 bridgehead atoms. The molecule has 0 spiro atoms. The van der Waals surface area contributed by atoms with E-state index in [1.165, 1.54) is 0 Å². The number of amides is 3. The van der Waals surface area contributed by atoms with Crippen LogP contribution >= 0.6 is 0 Å². The maximum absolute atomic E-state index is 14.5. The Kier molecular flexibility index (Phi) is 8.52. The van der Waals surface area contributed by atoms with Gasteiger partial charge in [-0.05, 0) is 49.1 Å². The Balaban J connectivity index is 1.06. The third kappa shape index (κ3) is 6.11. The van der Waals surface area contributed by atoms with Crippen LogP contribution in [-0.2, 0) is 20.9 Å². The molecule has 9 rings (SSSR count). The summed E-state index contributed by atoms with van der Waals surface area (Å²) in [7, 11) is 1.79. The number of hydrogen-bond donors (Lipinski definition) is 1. The number of likely N-dealkylation sites (N-methyl/N-ethyl adjacent to an activating group) is 2. The highest BCUT2D eigenvalue weighted by Crippen LogP contribution is 2.43. The summed E-state index contributed by atoms with van der Waals surface area (Å²) < 4.78 is 7.58. The summed E-state index contributed by atoms with van der Waals surface area (Å²) in [6, 6.07) is 19.0. The van der Waals surface area contributed by atoms with E-state index in [1.807, 2.05) is 82.5 Å². The number of hydrogen-bond acceptors (Lipinski definition) is 8. The molecule has 5 aliphatic heterocycles. The summed E-state index contributed by atoms with van der Waals surface area (Å²) in [5, 5.41) is 14.4. The largest absolute Gasteiger partial charge is 0.372 e. The Morgan fingerprint density at radius 1 is 1.06 bits per heavy atom. The van der Waals surface area contributed by atoms with Crippen LogP contribution in [0.25, 0.3) is 0 Å². The van der Waals surface area contributed by atoms with Gasteiger partial charge in [-0.15, -0.1) is 0 Å². The van der Waals surface area contributed by atoms with Crippen molar-refractivity contribution in [2.24, 2.45) is 11.0 Å². The molecule has 12 heteroatoms. The smallest absolute Gasteiger partial charge is 0.272 e. The number of ether oxygens (including phenoxy) is 1. The SMILES string of the molecule is C=C(CN1CC2CC(C1)O2)C(=O)N(C)Cc1cccc([C@H]2C(NC(=O)c3ccn(C4CC4)n3)C(=O)N(CC)C3C2C=NN3c2ccccc2)c1. The fourth-order valence-electron chi connectivity index (χ4n) is 8.11. The van der Waals surface area contributed by atoms with Crippen molar-refractivity contribution in [1.82, 2.24) is 29.8 Å². The van der Waals surface area contributed by atoms with Gasteiger partial charge in [-0.3, -0.25) is 24.0 Å². The summed E-state index contributed by atoms with van der Waals surface area (Å²) in [5.41, 5.74) is 3.55. The molecule has 260 valence electrons. The molecule has 1 saturated carbocycles. The number of likely N-dealkylation sites (tertiary alicyclic amines) is 1. The quantitative estimate of drug-likeness (QED) is 0.310. The number of nitrogens with zero attached hydrogens (tertiary/aromatic N) is 7. The molecule has 4 saturated heterocycles. The number of piperidine rings is 2. The summed E-state index contributed by atoms with van der Waals surface area (Å²) in [5.74, 6) is -1.30. The summed E-state index contributed by atoms with van der Waals surface area (Å²) in [6.45, 7) is 9.09. The van der Waals surface area contributed by atoms with Crippen LogP contribution in [0.3, 0.4) is 0 Å². The molecule has 5 unspecified atom stereocenters. The Bertz CT molecular complexity index is 1810. The minimum atomic E-state index is -0.855. The molecule has 2 aromatic carbocycles. The van der Waals surface area contributed by atoms with Crippen molar-refractivity contribution in [3.8, 4) is 0 Å². The molecule has 1 aromatic heterocycles. The van der Waals surface area contributed by atoms with Crippen LogP contribution in [0.5, 0.6) is 0 Å². The van der Waals surface area contributed by atoms with Crippen molar-refractivity contribution < 1.29 is 19.1 Å². The van der Waals surface area contributed by atoms with Crippen LogP contribution < -0.4 is 10.3 Å². The number of aromatic nitrogens is 2. The van der Waals surface area contributed by atoms with E-state index in [2.05, 4.69) is 28.0 Å². The van der Waals surface area contributed by atoms with Gasteiger partial charge in [0.05, 0.1) is 23.9 Å². The fourth-order valence-corrected chi connectivity index (χ4v) is 8.11. The van der Waals surface area contributed by atoms with E-state index in [9.17, 15) is 14.4 Å². The number of benzene rings is 2. The Hall–Kier alpha value is -4.81. The summed E-state index contributed by atoms with van der Waals surface area (Å²) in [4.78, 5) is 47.4. The van der Waals surface area contributed by atoms with Gasteiger partial charge in [0, 0.05) is 76.0 Å². The average molecular weight is 677 g/mol. The van der Waals surface area contributed by atoms with E-state index < -0.39 is 12.0 Å². The van der Waals surface area contributed by atoms with Crippen molar-refractivity contribution in [1.29, 1.82) is 0 Å². The first-order valence-corrected chi connectivity index (χ1v) is 17.7. The summed E-state index contributed by atoms with van der Waals surface area (Å²) in [6.07, 6.45) is 7.13. The number of carbonyl (C=O) groups excluding carboxylic acids is 3. The highest BCUT2D eigenvalue weighted by Gasteiger charge is 2.53. The lowest BCUT2D eigenvalue weighted by Crippen LogP contribution is -2.65. The zero-order valence-electron chi connectivity index (χ0n) is 28.6. The van der Waals surface area contributed by atoms with Crippen LogP contribution in [0.15, 0.2) is 84.1 Å². The minimum Gasteiger partial charge on any atom is -0.372 e. The number of carbonyl (C=O) groups is 3. The Morgan fingerprint density at radius 3 is 2.54 bits per heavy atom. The average Bonchev–Trinajstić information content (AvgIpc) is 3.68. The zero-order chi connectivity index (χ0) is 34.5. The lowest BCUT2D eigenvalue weighted by atomic mass is 9.75. The number of hydrazone groups is 1. The van der Waals surface area contributed by atoms with Crippen LogP contribution in [0.2, 0.25) is 0 Å². The molecule has 6 atom stereocenters. The molecule has 12 nitrogen and oxygen atoms in total. The standard InChI is InChI=1S/C38H44N8O4/c1-4-44-36-31(19-39-46(36)28-11-6-5-7-12-28)33(34(38(44)49)40-35(47)32-15-16-45(41-32)27-13-14-27)26-10-8-9-25(17-26)21-42(3)37(48)24(2)20-43-22-29-18-30(23-43)50-29/h5-12,15-17,19,27,29-31,33-34,36H,2,4,13-14,18,20-23H2,1,3H3,(H,40,47)/t29?,30?,31?,33-,34?,36?/m1/s1. The van der Waals surface area contributed by atoms with Crippen LogP contribution in [-0.4, -0.2) is 106 Å². The van der Waals surface area contributed by atoms with E-state index in [1.54, 1.807) is 18.0 Å². The molecule has 3 amide bonds. The van der Waals surface area contributed by atoms with E-state index in [-0.39, 0.29) is 42.0 Å². The molecule has 3 aromatic rings. The van der Waals surface area contributed by atoms with Gasteiger partial charge in [0.2, 0.25) is 5.91 Å². The number of para-hydroxylation sites is 1. The maximum Gasteiger partial charge on any atom is 0.272 e. The number of rotatable bonds is 11. The molecule has 5 fully saturated rings. The van der Waals surface area contributed by atoms with Crippen molar-refractivity contribution >= 4 is 29.6 Å². The first-order chi connectivity index (χ1) is 24.3. The molecule has 6 aliphatic rings. The second-order valence-electron chi connectivity index (χ2n) is 14.3. The number of nitrogens with one attached hydrogen (secondary N) is 1. The lowest BCUT2D eigenvalue weighted by molar-refractivity contribution is -0.179. The van der Waals surface area contributed by atoms with Crippen LogP contribution in [0, 0.1) is 5.92 Å². The maximum atomic E-state index is 14.5. The third-order valence-electron chi connectivity index (χ3n) is 10.7. The lowest BCUT2D eigenvalue weighted by Gasteiger charge is -2.47. The minimum absolute atomic E-state index is 0.0979. The van der Waals surface area contributed by atoms with Gasteiger partial charge < -0.3 is 19.9 Å². The number of fused-ring (bicyclic) bond motifs is 3. The Morgan fingerprint density at radius 2 is 1.82 bits per heavy atom. The highest BCUT2D eigenvalue weighted by molar-refractivity contribution is 5.98. The normalized spacial score (nSPS) is 27.1. The van der Waals surface area contributed by atoms with Gasteiger partial charge in [0.15, 0.2) is 0 Å². The van der Waals surface area contributed by atoms with Gasteiger partial charge >= 0.3 is 0 Å². The molecule has 1 aliphatic carbocycles. The second kappa shape index (κ2) is 13.1. The number of anilines is 1. The second-order valence-corrected chi connectivity index (χ2v) is 14.3. The predicted molar refractivity (Wildman–Crippen MR) is 188 cm³/mol. The van der Waals surface area contributed by atoms with Gasteiger partial charge in [-0.25, -0.2) is 5.01 Å². The zero-order valence-corrected chi connectivity index (χ0v) is 28.6. The van der Waals surface area contributed by atoms with Gasteiger partial charge in [-0.2, -0.15) is 10.2 Å². The third-order valence-corrected chi connectivity index (χ3v) is 10.7. The fraction of sp³-hybridized carbons (Fsp3) is 0.447. The molecule has 0 radical (unpaired) electrons. The summed E-state index contributed by atoms with van der Waals surface area (Å²) >= 11 is 0. The highest BCUT2D eigenvalue weighted by atomic mass is 16.5. The van der Waals surface area contributed by atoms with Crippen molar-refractivity contribution in [2.45, 2.75) is 69.1 Å². The van der Waals surface area contributed by atoms with Gasteiger partial charge in [-0.1, -0.05) is 49.0 Å². The van der Waals surface area contributed by atoms with Crippen molar-refractivity contribution in [3.63, 3.8) is 0 Å². The van der Waals surface area contributed by atoms with Gasteiger partial charge in [0.1, 0.15) is 17.9 Å². The van der Waals surface area contributed by atoms with Crippen LogP contribution in [0.1, 0.15) is 59.8 Å². The molecular formula is C38H44N8O4. The molecule has 1 N–H and O–H groups in total. The van der Waals surface area contributed by atoms with E-state index >= 15 is 0 Å². The number of morpholine rings is 1. The van der Waals surface area contributed by atoms with Gasteiger partial charge in [0.25, 0.3) is 11.8 Å². The first kappa shape index (κ1) is 32.4. The topological polar surface area (TPSA) is 116 Å². The Labute approximate surface area is 292 Å². The molecule has 50 heavy (non-hydrogen) atoms. The van der Waals surface area contributed by atoms with E-state index in [0.29, 0.717) is 36.9 Å². The van der Waals surface area contributed by atoms with Crippen molar-refractivity contribution in [2.75, 3.05) is 38.2 Å². The van der Waals surface area contributed by atoms with Crippen molar-refractivity contribution in [3.05, 3.63) is 95.8 Å². The van der Waals surface area contributed by atoms with E-state index in [4.69, 9.17) is 9.84 Å². The monoisotopic (exact) mass is 676 g/mol. The first-order valence-electron chi connectivity index (χ1n) is 17.7. The molecule has 6 heterocycles. The molecular weight excluding hydrogens is 632 g/mol.